The summed E-state index contributed by atoms with van der Waals surface area (Å²) in [5.74, 6) is 0. The van der Waals surface area contributed by atoms with Crippen LogP contribution in [0, 0.1) is 0 Å². The summed E-state index contributed by atoms with van der Waals surface area (Å²) in [5.41, 5.74) is 13.9. The number of rotatable bonds is 3. The van der Waals surface area contributed by atoms with E-state index in [1.165, 1.54) is 18.2 Å². The van der Waals surface area contributed by atoms with Crippen molar-refractivity contribution in [3.63, 3.8) is 0 Å². The average molecular weight is 392 g/mol. The third-order valence-electron chi connectivity index (χ3n) is 4.49. The molecule has 0 atom stereocenters. The van der Waals surface area contributed by atoms with Gasteiger partial charge in [0, 0.05) is 32.9 Å². The van der Waals surface area contributed by atoms with Crippen LogP contribution in [0.5, 0.6) is 0 Å². The molecule has 140 valence electrons. The monoisotopic (exact) mass is 392 g/mol. The second-order valence-electron chi connectivity index (χ2n) is 6.25. The molecule has 5 N–H and O–H groups in total. The van der Waals surface area contributed by atoms with E-state index in [1.807, 2.05) is 24.3 Å². The number of hydrogen-bond acceptors (Lipinski definition) is 6. The van der Waals surface area contributed by atoms with Gasteiger partial charge in [0.15, 0.2) is 0 Å². The molecule has 0 bridgehead atoms. The van der Waals surface area contributed by atoms with Crippen molar-refractivity contribution in [2.75, 3.05) is 11.5 Å². The van der Waals surface area contributed by atoms with Gasteiger partial charge in [0.05, 0.1) is 11.4 Å². The van der Waals surface area contributed by atoms with Gasteiger partial charge in [0.1, 0.15) is 4.90 Å². The van der Waals surface area contributed by atoms with Crippen LogP contribution in [0.15, 0.2) is 81.9 Å². The molecule has 8 heteroatoms. The van der Waals surface area contributed by atoms with Crippen LogP contribution < -0.4 is 11.5 Å². The van der Waals surface area contributed by atoms with Gasteiger partial charge in [-0.2, -0.15) is 8.42 Å². The predicted octanol–water partition coefficient (Wildman–Crippen LogP) is 4.82. The van der Waals surface area contributed by atoms with Crippen molar-refractivity contribution in [3.05, 3.63) is 66.7 Å². The number of azo groups is 1. The highest BCUT2D eigenvalue weighted by atomic mass is 32.2. The maximum atomic E-state index is 11.7. The summed E-state index contributed by atoms with van der Waals surface area (Å²) in [4.78, 5) is -0.266. The molecule has 4 rings (SSSR count). The Morgan fingerprint density at radius 3 is 1.93 bits per heavy atom. The highest BCUT2D eigenvalue weighted by molar-refractivity contribution is 7.86. The Hall–Kier alpha value is -3.49. The van der Waals surface area contributed by atoms with E-state index in [9.17, 15) is 13.0 Å². The number of hydrogen-bond donors (Lipinski definition) is 3. The zero-order valence-corrected chi connectivity index (χ0v) is 15.4. The van der Waals surface area contributed by atoms with Crippen molar-refractivity contribution < 1.29 is 13.0 Å². The minimum absolute atomic E-state index is 0.212. The zero-order chi connectivity index (χ0) is 19.9. The summed E-state index contributed by atoms with van der Waals surface area (Å²) >= 11 is 0. The average Bonchev–Trinajstić information content (AvgIpc) is 2.68. The van der Waals surface area contributed by atoms with Crippen LogP contribution in [-0.2, 0) is 10.1 Å². The van der Waals surface area contributed by atoms with E-state index in [-0.39, 0.29) is 16.0 Å². The van der Waals surface area contributed by atoms with Crippen molar-refractivity contribution in [2.45, 2.75) is 4.90 Å². The fourth-order valence-corrected chi connectivity index (χ4v) is 3.92. The van der Waals surface area contributed by atoms with E-state index in [2.05, 4.69) is 10.2 Å². The molecular weight excluding hydrogens is 376 g/mol. The first kappa shape index (κ1) is 17.9. The molecule has 0 aliphatic heterocycles. The molecule has 0 amide bonds. The fourth-order valence-electron chi connectivity index (χ4n) is 3.19. The second-order valence-corrected chi connectivity index (χ2v) is 7.64. The highest BCUT2D eigenvalue weighted by Crippen LogP contribution is 2.37. The molecule has 4 aromatic carbocycles. The molecule has 0 spiro atoms. The Kier molecular flexibility index (Phi) is 4.21. The van der Waals surface area contributed by atoms with Crippen molar-refractivity contribution in [1.82, 2.24) is 0 Å². The first-order chi connectivity index (χ1) is 13.4. The molecule has 0 radical (unpaired) electrons. The zero-order valence-electron chi connectivity index (χ0n) is 14.6. The molecule has 0 aliphatic rings. The minimum Gasteiger partial charge on any atom is -0.398 e. The smallest absolute Gasteiger partial charge is 0.295 e. The van der Waals surface area contributed by atoms with Crippen LogP contribution >= 0.6 is 0 Å². The van der Waals surface area contributed by atoms with Crippen LogP contribution in [0.25, 0.3) is 21.5 Å². The van der Waals surface area contributed by atoms with Gasteiger partial charge in [-0.3, -0.25) is 4.55 Å². The molecule has 0 fully saturated rings. The maximum Gasteiger partial charge on any atom is 0.295 e. The van der Waals surface area contributed by atoms with E-state index in [0.717, 1.165) is 10.8 Å². The third kappa shape index (κ3) is 3.04. The normalized spacial score (nSPS) is 12.2. The number of anilines is 2. The Morgan fingerprint density at radius 2 is 1.25 bits per heavy atom. The predicted molar refractivity (Wildman–Crippen MR) is 111 cm³/mol. The van der Waals surface area contributed by atoms with Crippen LogP contribution in [0.1, 0.15) is 0 Å². The number of nitrogens with two attached hydrogens (primary N) is 2. The van der Waals surface area contributed by atoms with Crippen LogP contribution in [0.4, 0.5) is 22.7 Å². The Balaban J connectivity index is 1.91. The van der Waals surface area contributed by atoms with Crippen molar-refractivity contribution >= 4 is 54.4 Å². The number of nitrogens with zero attached hydrogens (tertiary/aromatic N) is 2. The topological polar surface area (TPSA) is 131 Å². The van der Waals surface area contributed by atoms with Gasteiger partial charge in [-0.1, -0.05) is 36.4 Å². The quantitative estimate of drug-likeness (QED) is 0.261. The second kappa shape index (κ2) is 6.59. The van der Waals surface area contributed by atoms with Crippen LogP contribution in [-0.4, -0.2) is 13.0 Å². The van der Waals surface area contributed by atoms with E-state index in [1.54, 1.807) is 24.3 Å². The van der Waals surface area contributed by atoms with E-state index >= 15 is 0 Å². The van der Waals surface area contributed by atoms with E-state index in [4.69, 9.17) is 11.5 Å². The summed E-state index contributed by atoms with van der Waals surface area (Å²) in [7, 11) is -4.44. The lowest BCUT2D eigenvalue weighted by Gasteiger charge is -2.09. The standard InChI is InChI=1S/C20H16N4O3S/c21-15-8-10-17(13-5-2-1-4-12(13)15)23-24-18-11-9-16(22)20-14(18)6-3-7-19(20)28(25,26)27/h1-11H,21-22H2,(H,25,26,27). The van der Waals surface area contributed by atoms with Crippen molar-refractivity contribution in [3.8, 4) is 0 Å². The fraction of sp³-hybridized carbons (Fsp3) is 0. The van der Waals surface area contributed by atoms with Gasteiger partial charge in [0.2, 0.25) is 0 Å². The van der Waals surface area contributed by atoms with Gasteiger partial charge in [0.25, 0.3) is 10.1 Å². The largest absolute Gasteiger partial charge is 0.398 e. The molecule has 0 aliphatic carbocycles. The number of benzene rings is 4. The summed E-state index contributed by atoms with van der Waals surface area (Å²) in [6.07, 6.45) is 0. The molecule has 28 heavy (non-hydrogen) atoms. The minimum atomic E-state index is -4.44. The lowest BCUT2D eigenvalue weighted by atomic mass is 10.1. The SMILES string of the molecule is Nc1ccc(N=Nc2ccc(N)c3c(S(=O)(=O)O)cccc23)c2ccccc12. The lowest BCUT2D eigenvalue weighted by Crippen LogP contribution is -2.01. The molecule has 0 saturated heterocycles. The lowest BCUT2D eigenvalue weighted by molar-refractivity contribution is 0.484. The van der Waals surface area contributed by atoms with Gasteiger partial charge >= 0.3 is 0 Å². The van der Waals surface area contributed by atoms with Gasteiger partial charge in [-0.25, -0.2) is 0 Å². The molecule has 0 heterocycles. The Bertz CT molecular complexity index is 1370. The molecule has 0 saturated carbocycles. The van der Waals surface area contributed by atoms with Crippen molar-refractivity contribution in [1.29, 1.82) is 0 Å². The van der Waals surface area contributed by atoms with Crippen LogP contribution in [0.3, 0.4) is 0 Å². The molecule has 0 unspecified atom stereocenters. The highest BCUT2D eigenvalue weighted by Gasteiger charge is 2.17. The first-order valence-corrected chi connectivity index (χ1v) is 9.78. The third-order valence-corrected chi connectivity index (χ3v) is 5.39. The van der Waals surface area contributed by atoms with Gasteiger partial charge < -0.3 is 11.5 Å². The summed E-state index contributed by atoms with van der Waals surface area (Å²) in [5, 5.41) is 11.0. The summed E-state index contributed by atoms with van der Waals surface area (Å²) < 4.78 is 32.9. The number of fused-ring (bicyclic) bond motifs is 2. The van der Waals surface area contributed by atoms with E-state index in [0.29, 0.717) is 22.4 Å². The summed E-state index contributed by atoms with van der Waals surface area (Å²) in [6.45, 7) is 0. The Labute approximate surface area is 161 Å². The van der Waals surface area contributed by atoms with E-state index < -0.39 is 10.1 Å². The van der Waals surface area contributed by atoms with Crippen LogP contribution in [0.2, 0.25) is 0 Å². The molecule has 4 aromatic rings. The Morgan fingerprint density at radius 1 is 0.679 bits per heavy atom. The summed E-state index contributed by atoms with van der Waals surface area (Å²) in [6, 6.07) is 18.8. The first-order valence-electron chi connectivity index (χ1n) is 8.34. The molecular formula is C20H16N4O3S. The molecule has 0 aromatic heterocycles. The van der Waals surface area contributed by atoms with Gasteiger partial charge in [-0.15, -0.1) is 10.2 Å². The van der Waals surface area contributed by atoms with Crippen molar-refractivity contribution in [2.24, 2.45) is 10.2 Å². The van der Waals surface area contributed by atoms with Gasteiger partial charge in [-0.05, 0) is 30.3 Å². The molecule has 7 nitrogen and oxygen atoms in total. The number of nitrogen functional groups attached to an aromatic ring is 2. The maximum absolute atomic E-state index is 11.7.